The minimum atomic E-state index is -4.39. The average molecular weight is 407 g/mol. The number of carbonyl (C=O) groups excluding carboxylic acids is 1. The van der Waals surface area contributed by atoms with Gasteiger partial charge >= 0.3 is 6.18 Å². The fourth-order valence-electron chi connectivity index (χ4n) is 2.86. The van der Waals surface area contributed by atoms with Crippen molar-refractivity contribution >= 4 is 5.91 Å². The molecule has 29 heavy (non-hydrogen) atoms. The Hall–Kier alpha value is -3.30. The molecule has 7 nitrogen and oxygen atoms in total. The van der Waals surface area contributed by atoms with E-state index in [1.807, 2.05) is 20.9 Å². The number of halogens is 3. The van der Waals surface area contributed by atoms with Gasteiger partial charge in [-0.3, -0.25) is 14.6 Å². The molecule has 0 radical (unpaired) electrons. The lowest BCUT2D eigenvalue weighted by atomic mass is 10.1. The number of alkyl halides is 3. The standard InChI is InChI=1S/C19H20F3N5O2/c1-11-17(12(2)27(3)26-11)15-8-16(25-24-15)18(28)23-9-13-4-6-14(7-5-13)29-10-19(20,21)22/h4-8H,9-10H2,1-3H3,(H,23,28)(H,24,25). The highest BCUT2D eigenvalue weighted by Crippen LogP contribution is 2.25. The first-order valence-corrected chi connectivity index (χ1v) is 8.76. The Balaban J connectivity index is 1.59. The molecule has 0 aliphatic heterocycles. The van der Waals surface area contributed by atoms with Gasteiger partial charge in [0.05, 0.1) is 11.4 Å². The molecule has 0 spiro atoms. The van der Waals surface area contributed by atoms with Crippen molar-refractivity contribution in [3.8, 4) is 17.0 Å². The van der Waals surface area contributed by atoms with Gasteiger partial charge in [0.2, 0.25) is 0 Å². The van der Waals surface area contributed by atoms with Gasteiger partial charge in [0.15, 0.2) is 6.61 Å². The Morgan fingerprint density at radius 3 is 2.52 bits per heavy atom. The molecule has 0 atom stereocenters. The number of aryl methyl sites for hydroxylation is 2. The number of aromatic amines is 1. The number of benzene rings is 1. The second-order valence-corrected chi connectivity index (χ2v) is 6.57. The number of hydrogen-bond acceptors (Lipinski definition) is 4. The van der Waals surface area contributed by atoms with Crippen molar-refractivity contribution in [2.24, 2.45) is 7.05 Å². The van der Waals surface area contributed by atoms with Crippen LogP contribution in [-0.2, 0) is 13.6 Å². The van der Waals surface area contributed by atoms with Crippen LogP contribution >= 0.6 is 0 Å². The molecule has 0 aliphatic carbocycles. The summed E-state index contributed by atoms with van der Waals surface area (Å²) < 4.78 is 42.9. The first-order chi connectivity index (χ1) is 13.6. The summed E-state index contributed by atoms with van der Waals surface area (Å²) in [5.41, 5.74) is 4.27. The number of carbonyl (C=O) groups is 1. The second-order valence-electron chi connectivity index (χ2n) is 6.57. The molecule has 10 heteroatoms. The number of amides is 1. The summed E-state index contributed by atoms with van der Waals surface area (Å²) in [4.78, 5) is 12.4. The van der Waals surface area contributed by atoms with E-state index >= 15 is 0 Å². The number of aromatic nitrogens is 4. The van der Waals surface area contributed by atoms with Crippen LogP contribution in [-0.4, -0.2) is 38.7 Å². The molecule has 0 unspecified atom stereocenters. The van der Waals surface area contributed by atoms with Crippen molar-refractivity contribution in [3.63, 3.8) is 0 Å². The first kappa shape index (κ1) is 20.4. The molecule has 2 N–H and O–H groups in total. The molecule has 154 valence electrons. The molecule has 0 saturated carbocycles. The van der Waals surface area contributed by atoms with Gasteiger partial charge in [0.25, 0.3) is 5.91 Å². The van der Waals surface area contributed by atoms with Crippen LogP contribution in [0.4, 0.5) is 13.2 Å². The van der Waals surface area contributed by atoms with Crippen molar-refractivity contribution < 1.29 is 22.7 Å². The molecule has 0 bridgehead atoms. The van der Waals surface area contributed by atoms with Crippen molar-refractivity contribution in [3.05, 3.63) is 53.0 Å². The SMILES string of the molecule is Cc1nn(C)c(C)c1-c1cc(C(=O)NCc2ccc(OCC(F)(F)F)cc2)[nH]n1. The Morgan fingerprint density at radius 2 is 1.93 bits per heavy atom. The largest absolute Gasteiger partial charge is 0.484 e. The summed E-state index contributed by atoms with van der Waals surface area (Å²) in [5.74, 6) is -0.238. The van der Waals surface area contributed by atoms with Gasteiger partial charge in [0.1, 0.15) is 11.4 Å². The molecule has 3 rings (SSSR count). The highest BCUT2D eigenvalue weighted by Gasteiger charge is 2.28. The molecule has 0 aliphatic rings. The van der Waals surface area contributed by atoms with Gasteiger partial charge in [-0.25, -0.2) is 0 Å². The smallest absolute Gasteiger partial charge is 0.422 e. The van der Waals surface area contributed by atoms with Crippen LogP contribution in [0.25, 0.3) is 11.3 Å². The topological polar surface area (TPSA) is 84.8 Å². The molecule has 0 fully saturated rings. The van der Waals surface area contributed by atoms with E-state index in [9.17, 15) is 18.0 Å². The Kier molecular flexibility index (Phi) is 5.62. The van der Waals surface area contributed by atoms with Gasteiger partial charge in [-0.2, -0.15) is 23.4 Å². The average Bonchev–Trinajstić information content (AvgIpc) is 3.23. The predicted molar refractivity (Wildman–Crippen MR) is 99.4 cm³/mol. The number of rotatable bonds is 6. The van der Waals surface area contributed by atoms with Gasteiger partial charge in [0, 0.05) is 24.8 Å². The highest BCUT2D eigenvalue weighted by atomic mass is 19.4. The van der Waals surface area contributed by atoms with Crippen LogP contribution < -0.4 is 10.1 Å². The van der Waals surface area contributed by atoms with Gasteiger partial charge in [-0.05, 0) is 37.6 Å². The van der Waals surface area contributed by atoms with Crippen LogP contribution in [0.3, 0.4) is 0 Å². The second kappa shape index (κ2) is 7.98. The van der Waals surface area contributed by atoms with Gasteiger partial charge in [-0.15, -0.1) is 0 Å². The molecule has 2 heterocycles. The predicted octanol–water partition coefficient (Wildman–Crippen LogP) is 3.30. The fourth-order valence-corrected chi connectivity index (χ4v) is 2.86. The maximum atomic E-state index is 12.4. The van der Waals surface area contributed by atoms with Crippen LogP contribution in [0.5, 0.6) is 5.75 Å². The van der Waals surface area contributed by atoms with Crippen LogP contribution in [0.15, 0.2) is 30.3 Å². The van der Waals surface area contributed by atoms with E-state index in [0.717, 1.165) is 22.5 Å². The molecule has 1 amide bonds. The van der Waals surface area contributed by atoms with Crippen molar-refractivity contribution in [1.29, 1.82) is 0 Å². The number of nitrogens with one attached hydrogen (secondary N) is 2. The lowest BCUT2D eigenvalue weighted by molar-refractivity contribution is -0.153. The Morgan fingerprint density at radius 1 is 1.24 bits per heavy atom. The molecule has 3 aromatic rings. The van der Waals surface area contributed by atoms with Gasteiger partial charge < -0.3 is 10.1 Å². The summed E-state index contributed by atoms with van der Waals surface area (Å²) in [7, 11) is 1.84. The summed E-state index contributed by atoms with van der Waals surface area (Å²) in [5, 5.41) is 14.0. The number of ether oxygens (including phenoxy) is 1. The summed E-state index contributed by atoms with van der Waals surface area (Å²) in [6.45, 7) is 2.66. The minimum absolute atomic E-state index is 0.109. The third-order valence-corrected chi connectivity index (χ3v) is 4.37. The van der Waals surface area contributed by atoms with E-state index in [4.69, 9.17) is 0 Å². The molecule has 1 aromatic carbocycles. The molecular formula is C19H20F3N5O2. The number of nitrogens with zero attached hydrogens (tertiary/aromatic N) is 3. The zero-order valence-corrected chi connectivity index (χ0v) is 16.1. The quantitative estimate of drug-likeness (QED) is 0.657. The molecule has 0 saturated heterocycles. The third-order valence-electron chi connectivity index (χ3n) is 4.37. The summed E-state index contributed by atoms with van der Waals surface area (Å²) >= 11 is 0. The lowest BCUT2D eigenvalue weighted by Crippen LogP contribution is -2.23. The minimum Gasteiger partial charge on any atom is -0.484 e. The third kappa shape index (κ3) is 4.95. The van der Waals surface area contributed by atoms with E-state index < -0.39 is 12.8 Å². The Labute approximate surface area is 164 Å². The molecule has 2 aromatic heterocycles. The lowest BCUT2D eigenvalue weighted by Gasteiger charge is -2.09. The highest BCUT2D eigenvalue weighted by molar-refractivity contribution is 5.93. The number of hydrogen-bond donors (Lipinski definition) is 2. The zero-order chi connectivity index (χ0) is 21.2. The van der Waals surface area contributed by atoms with E-state index in [-0.39, 0.29) is 18.2 Å². The normalized spacial score (nSPS) is 11.5. The van der Waals surface area contributed by atoms with E-state index in [1.54, 1.807) is 22.9 Å². The maximum Gasteiger partial charge on any atom is 0.422 e. The van der Waals surface area contributed by atoms with Crippen LogP contribution in [0.2, 0.25) is 0 Å². The van der Waals surface area contributed by atoms with Crippen molar-refractivity contribution in [1.82, 2.24) is 25.3 Å². The summed E-state index contributed by atoms with van der Waals surface area (Å²) in [6, 6.07) is 7.69. The first-order valence-electron chi connectivity index (χ1n) is 8.76. The molecular weight excluding hydrogens is 387 g/mol. The van der Waals surface area contributed by atoms with Crippen LogP contribution in [0, 0.1) is 13.8 Å². The van der Waals surface area contributed by atoms with Crippen molar-refractivity contribution in [2.75, 3.05) is 6.61 Å². The summed E-state index contributed by atoms with van der Waals surface area (Å²) in [6.07, 6.45) is -4.39. The van der Waals surface area contributed by atoms with E-state index in [2.05, 4.69) is 25.3 Å². The van der Waals surface area contributed by atoms with E-state index in [1.165, 1.54) is 12.1 Å². The van der Waals surface area contributed by atoms with E-state index in [0.29, 0.717) is 11.4 Å². The Bertz CT molecular complexity index is 1010. The van der Waals surface area contributed by atoms with Gasteiger partial charge in [-0.1, -0.05) is 12.1 Å². The number of H-pyrrole nitrogens is 1. The zero-order valence-electron chi connectivity index (χ0n) is 16.1. The van der Waals surface area contributed by atoms with Crippen molar-refractivity contribution in [2.45, 2.75) is 26.6 Å². The fraction of sp³-hybridized carbons (Fsp3) is 0.316. The van der Waals surface area contributed by atoms with Crippen LogP contribution in [0.1, 0.15) is 27.4 Å². The maximum absolute atomic E-state index is 12.4. The monoisotopic (exact) mass is 407 g/mol.